The van der Waals surface area contributed by atoms with E-state index in [2.05, 4.69) is 22.5 Å². The number of benzene rings is 1. The predicted octanol–water partition coefficient (Wildman–Crippen LogP) is 2.01. The molecule has 0 spiro atoms. The number of halogens is 1. The molecule has 1 heterocycles. The van der Waals surface area contributed by atoms with Crippen LogP contribution < -0.4 is 15.4 Å². The van der Waals surface area contributed by atoms with Crippen LogP contribution >= 0.6 is 24.0 Å². The van der Waals surface area contributed by atoms with E-state index in [1.54, 1.807) is 14.2 Å². The van der Waals surface area contributed by atoms with Gasteiger partial charge in [-0.15, -0.1) is 24.0 Å². The number of methoxy groups -OCH3 is 1. The van der Waals surface area contributed by atoms with Gasteiger partial charge in [-0.3, -0.25) is 4.99 Å². The molecule has 1 aliphatic heterocycles. The highest BCUT2D eigenvalue weighted by Crippen LogP contribution is 2.24. The van der Waals surface area contributed by atoms with Crippen LogP contribution in [-0.4, -0.2) is 39.9 Å². The lowest BCUT2D eigenvalue weighted by Gasteiger charge is -2.38. The summed E-state index contributed by atoms with van der Waals surface area (Å²) in [6.07, 6.45) is 0. The molecule has 1 fully saturated rings. The molecule has 1 aromatic carbocycles. The van der Waals surface area contributed by atoms with Crippen molar-refractivity contribution in [3.05, 3.63) is 29.8 Å². The molecule has 1 aliphatic rings. The zero-order chi connectivity index (χ0) is 14.4. The van der Waals surface area contributed by atoms with Crippen molar-refractivity contribution >= 4 is 29.9 Å². The van der Waals surface area contributed by atoms with Crippen LogP contribution in [0.3, 0.4) is 0 Å². The minimum absolute atomic E-state index is 0. The molecule has 0 saturated carbocycles. The topological polar surface area (TPSA) is 54.9 Å². The first kappa shape index (κ1) is 18.0. The van der Waals surface area contributed by atoms with Gasteiger partial charge in [-0.2, -0.15) is 0 Å². The van der Waals surface area contributed by atoms with Gasteiger partial charge < -0.3 is 20.1 Å². The fourth-order valence-corrected chi connectivity index (χ4v) is 2.00. The smallest absolute Gasteiger partial charge is 0.191 e. The largest absolute Gasteiger partial charge is 0.497 e. The van der Waals surface area contributed by atoms with Crippen LogP contribution in [0.2, 0.25) is 0 Å². The number of guanidine groups is 1. The average molecular weight is 405 g/mol. The van der Waals surface area contributed by atoms with Gasteiger partial charge >= 0.3 is 0 Å². The van der Waals surface area contributed by atoms with Crippen molar-refractivity contribution in [1.29, 1.82) is 0 Å². The lowest BCUT2D eigenvalue weighted by Crippen LogP contribution is -2.50. The second kappa shape index (κ2) is 8.43. The molecular formula is C15H24IN3O2. The lowest BCUT2D eigenvalue weighted by atomic mass is 9.89. The monoisotopic (exact) mass is 405 g/mol. The minimum atomic E-state index is 0. The first-order valence-electron chi connectivity index (χ1n) is 6.80. The van der Waals surface area contributed by atoms with Crippen LogP contribution in [0.4, 0.5) is 0 Å². The maximum atomic E-state index is 5.24. The van der Waals surface area contributed by atoms with E-state index in [1.807, 2.05) is 24.3 Å². The predicted molar refractivity (Wildman–Crippen MR) is 95.5 cm³/mol. The number of ether oxygens (including phenoxy) is 2. The zero-order valence-electron chi connectivity index (χ0n) is 12.8. The van der Waals surface area contributed by atoms with Crippen LogP contribution in [-0.2, 0) is 11.3 Å². The highest BCUT2D eigenvalue weighted by molar-refractivity contribution is 14.0. The van der Waals surface area contributed by atoms with Crippen LogP contribution in [0.5, 0.6) is 5.75 Å². The summed E-state index contributed by atoms with van der Waals surface area (Å²) < 4.78 is 10.4. The van der Waals surface area contributed by atoms with Crippen LogP contribution in [0.25, 0.3) is 0 Å². The molecule has 0 atom stereocenters. The second-order valence-electron chi connectivity index (χ2n) is 5.43. The molecule has 2 N–H and O–H groups in total. The average Bonchev–Trinajstić information content (AvgIpc) is 2.46. The Bertz CT molecular complexity index is 458. The SMILES string of the molecule is CN=C(NCc1ccc(OC)cc1)NCC1(C)COC1.I. The summed E-state index contributed by atoms with van der Waals surface area (Å²) in [4.78, 5) is 4.23. The van der Waals surface area contributed by atoms with Crippen LogP contribution in [0, 0.1) is 5.41 Å². The second-order valence-corrected chi connectivity index (χ2v) is 5.43. The Kier molecular flexibility index (Phi) is 7.24. The summed E-state index contributed by atoms with van der Waals surface area (Å²) in [6, 6.07) is 8.00. The molecule has 118 valence electrons. The van der Waals surface area contributed by atoms with Crippen molar-refractivity contribution in [3.8, 4) is 5.75 Å². The van der Waals surface area contributed by atoms with E-state index in [9.17, 15) is 0 Å². The third-order valence-corrected chi connectivity index (χ3v) is 3.43. The Labute approximate surface area is 143 Å². The van der Waals surface area contributed by atoms with E-state index in [0.29, 0.717) is 0 Å². The third kappa shape index (κ3) is 5.35. The molecule has 0 bridgehead atoms. The van der Waals surface area contributed by atoms with E-state index in [0.717, 1.165) is 38.0 Å². The number of rotatable bonds is 5. The molecule has 0 aliphatic carbocycles. The normalized spacial score (nSPS) is 16.4. The number of aliphatic imine (C=N–C) groups is 1. The first-order valence-corrected chi connectivity index (χ1v) is 6.80. The van der Waals surface area contributed by atoms with E-state index >= 15 is 0 Å². The maximum absolute atomic E-state index is 5.24. The van der Waals surface area contributed by atoms with Gasteiger partial charge in [-0.1, -0.05) is 19.1 Å². The summed E-state index contributed by atoms with van der Waals surface area (Å²) in [5, 5.41) is 6.64. The van der Waals surface area contributed by atoms with Crippen molar-refractivity contribution in [2.75, 3.05) is 33.9 Å². The fraction of sp³-hybridized carbons (Fsp3) is 0.533. The Morgan fingerprint density at radius 3 is 2.43 bits per heavy atom. The van der Waals surface area contributed by atoms with Crippen molar-refractivity contribution in [3.63, 3.8) is 0 Å². The number of hydrogen-bond donors (Lipinski definition) is 2. The van der Waals surface area contributed by atoms with Gasteiger partial charge in [0.05, 0.1) is 20.3 Å². The minimum Gasteiger partial charge on any atom is -0.497 e. The van der Waals surface area contributed by atoms with Gasteiger partial charge in [-0.05, 0) is 17.7 Å². The van der Waals surface area contributed by atoms with Gasteiger partial charge in [-0.25, -0.2) is 0 Å². The van der Waals surface area contributed by atoms with Gasteiger partial charge in [0, 0.05) is 25.6 Å². The quantitative estimate of drug-likeness (QED) is 0.447. The molecule has 2 rings (SSSR count). The Balaban J connectivity index is 0.00000220. The lowest BCUT2D eigenvalue weighted by molar-refractivity contribution is -0.0971. The van der Waals surface area contributed by atoms with E-state index in [4.69, 9.17) is 9.47 Å². The highest BCUT2D eigenvalue weighted by Gasteiger charge is 2.33. The van der Waals surface area contributed by atoms with Gasteiger partial charge in [0.15, 0.2) is 5.96 Å². The van der Waals surface area contributed by atoms with Crippen molar-refractivity contribution < 1.29 is 9.47 Å². The van der Waals surface area contributed by atoms with Gasteiger partial charge in [0.25, 0.3) is 0 Å². The summed E-state index contributed by atoms with van der Waals surface area (Å²) in [6.45, 7) is 5.44. The summed E-state index contributed by atoms with van der Waals surface area (Å²) >= 11 is 0. The Morgan fingerprint density at radius 1 is 1.29 bits per heavy atom. The fourth-order valence-electron chi connectivity index (χ4n) is 2.00. The molecule has 1 aromatic rings. The first-order chi connectivity index (χ1) is 9.65. The summed E-state index contributed by atoms with van der Waals surface area (Å²) in [7, 11) is 3.45. The Morgan fingerprint density at radius 2 is 1.95 bits per heavy atom. The molecule has 0 aromatic heterocycles. The van der Waals surface area contributed by atoms with Crippen molar-refractivity contribution in [1.82, 2.24) is 10.6 Å². The molecule has 0 unspecified atom stereocenters. The van der Waals surface area contributed by atoms with E-state index < -0.39 is 0 Å². The van der Waals surface area contributed by atoms with E-state index in [-0.39, 0.29) is 29.4 Å². The van der Waals surface area contributed by atoms with Gasteiger partial charge in [0.2, 0.25) is 0 Å². The van der Waals surface area contributed by atoms with E-state index in [1.165, 1.54) is 5.56 Å². The molecule has 6 heteroatoms. The maximum Gasteiger partial charge on any atom is 0.191 e. The highest BCUT2D eigenvalue weighted by atomic mass is 127. The summed E-state index contributed by atoms with van der Waals surface area (Å²) in [5.74, 6) is 1.68. The molecular weight excluding hydrogens is 381 g/mol. The third-order valence-electron chi connectivity index (χ3n) is 3.43. The molecule has 0 amide bonds. The van der Waals surface area contributed by atoms with Gasteiger partial charge in [0.1, 0.15) is 5.75 Å². The number of nitrogens with zero attached hydrogens (tertiary/aromatic N) is 1. The zero-order valence-corrected chi connectivity index (χ0v) is 15.1. The standard InChI is InChI=1S/C15H23N3O2.HI/c1-15(10-20-11-15)9-18-14(16-2)17-8-12-4-6-13(19-3)7-5-12;/h4-7H,8-11H2,1-3H3,(H2,16,17,18);1H. The molecule has 1 saturated heterocycles. The Hall–Kier alpha value is -1.02. The number of hydrogen-bond acceptors (Lipinski definition) is 3. The van der Waals surface area contributed by atoms with Crippen LogP contribution in [0.1, 0.15) is 12.5 Å². The molecule has 0 radical (unpaired) electrons. The van der Waals surface area contributed by atoms with Crippen molar-refractivity contribution in [2.24, 2.45) is 10.4 Å². The number of nitrogens with one attached hydrogen (secondary N) is 2. The van der Waals surface area contributed by atoms with Crippen LogP contribution in [0.15, 0.2) is 29.3 Å². The molecule has 5 nitrogen and oxygen atoms in total. The van der Waals surface area contributed by atoms with Crippen molar-refractivity contribution in [2.45, 2.75) is 13.5 Å². The summed E-state index contributed by atoms with van der Waals surface area (Å²) in [5.41, 5.74) is 1.42. The molecule has 21 heavy (non-hydrogen) atoms.